The van der Waals surface area contributed by atoms with Crippen LogP contribution in [0.25, 0.3) is 0 Å². The lowest BCUT2D eigenvalue weighted by molar-refractivity contribution is -0.933. The number of hydrogen-bond acceptors (Lipinski definition) is 13. The predicted molar refractivity (Wildman–Crippen MR) is 231 cm³/mol. The molecule has 0 bridgehead atoms. The van der Waals surface area contributed by atoms with Crippen molar-refractivity contribution in [3.8, 4) is 11.5 Å². The molecule has 0 spiro atoms. The largest absolute Gasteiger partial charge is 1.00 e. The second kappa shape index (κ2) is 23.1. The van der Waals surface area contributed by atoms with Crippen LogP contribution in [-0.4, -0.2) is 155 Å². The van der Waals surface area contributed by atoms with Crippen molar-refractivity contribution >= 4 is 60.6 Å². The van der Waals surface area contributed by atoms with E-state index in [0.717, 1.165) is 86.3 Å². The summed E-state index contributed by atoms with van der Waals surface area (Å²) >= 11 is 6.06. The van der Waals surface area contributed by atoms with Gasteiger partial charge in [-0.1, -0.05) is 35.9 Å². The summed E-state index contributed by atoms with van der Waals surface area (Å²) in [5.74, 6) is -0.378. The standard InChI is InChI=1S/C40H57ClN8O9S2.ClH/c1-47(19-24-59(3,53)54)34(50)27-57-32-15-11-29(12-16-32)8-5-21-49(23-7-10-31(26-49)44-40(52)36-38(42)46-39(43)37(41)45-36)22-6-9-30-13-17-33(18-14-30)58-28-35(51)48(2)20-25-60(4,55)56;/h11-18,31H,5-10,19-28H2,1-4H3,(H4-,42,43,44,46,52);1H/t31-;/m0./s1. The van der Waals surface area contributed by atoms with E-state index < -0.39 is 25.6 Å². The molecule has 21 heteroatoms. The smallest absolute Gasteiger partial charge is 0.274 e. The first-order valence-electron chi connectivity index (χ1n) is 19.7. The molecule has 1 aliphatic rings. The van der Waals surface area contributed by atoms with Crippen molar-refractivity contribution in [2.24, 2.45) is 0 Å². The topological polar surface area (TPSA) is 234 Å². The van der Waals surface area contributed by atoms with E-state index in [-0.39, 0.29) is 90.6 Å². The molecule has 3 aromatic rings. The van der Waals surface area contributed by atoms with Crippen molar-refractivity contribution < 1.29 is 57.6 Å². The number of likely N-dealkylation sites (tertiary alicyclic amines) is 1. The van der Waals surface area contributed by atoms with Crippen LogP contribution in [0.5, 0.6) is 11.5 Å². The Labute approximate surface area is 370 Å². The molecule has 1 aromatic heterocycles. The Hall–Kier alpha value is -4.43. The number of ether oxygens (including phenoxy) is 2. The lowest BCUT2D eigenvalue weighted by Gasteiger charge is -2.45. The average Bonchev–Trinajstić information content (AvgIpc) is 3.19. The molecule has 0 unspecified atom stereocenters. The molecule has 0 radical (unpaired) electrons. The minimum Gasteiger partial charge on any atom is -1.00 e. The number of anilines is 2. The van der Waals surface area contributed by atoms with Crippen LogP contribution < -0.4 is 38.7 Å². The Kier molecular flexibility index (Phi) is 19.3. The first kappa shape index (κ1) is 50.9. The van der Waals surface area contributed by atoms with E-state index in [1.54, 1.807) is 14.1 Å². The summed E-state index contributed by atoms with van der Waals surface area (Å²) in [6.45, 7) is 3.19. The number of aromatic nitrogens is 2. The Morgan fingerprint density at radius 1 is 0.787 bits per heavy atom. The molecule has 2 heterocycles. The highest BCUT2D eigenvalue weighted by molar-refractivity contribution is 7.90. The second-order valence-electron chi connectivity index (χ2n) is 15.6. The molecule has 5 N–H and O–H groups in total. The van der Waals surface area contributed by atoms with Crippen LogP contribution in [0.15, 0.2) is 48.5 Å². The number of nitrogen functional groups attached to an aromatic ring is 2. The number of likely N-dealkylation sites (N-methyl/N-ethyl adjacent to an activating group) is 2. The molecule has 1 atom stereocenters. The number of halogens is 2. The zero-order valence-corrected chi connectivity index (χ0v) is 38.3. The maximum Gasteiger partial charge on any atom is 0.274 e. The van der Waals surface area contributed by atoms with E-state index in [1.165, 1.54) is 9.80 Å². The number of benzene rings is 2. The number of carbonyl (C=O) groups excluding carboxylic acids is 3. The fourth-order valence-electron chi connectivity index (χ4n) is 6.93. The molecule has 1 saturated heterocycles. The number of nitrogens with two attached hydrogens (primary N) is 2. The summed E-state index contributed by atoms with van der Waals surface area (Å²) in [6, 6.07) is 15.0. The van der Waals surface area contributed by atoms with E-state index in [2.05, 4.69) is 15.3 Å². The SMILES string of the molecule is CN(CCS(C)(=O)=O)C(=O)COc1ccc(CCC[N+]2(CCCc3ccc(OCC(=O)N(C)CCS(C)(=O)=O)cc3)CCC[C@H](NC(=O)c3nc(Cl)c(N)nc3N)C2)cc1.[Cl-]. The van der Waals surface area contributed by atoms with E-state index in [0.29, 0.717) is 18.0 Å². The summed E-state index contributed by atoms with van der Waals surface area (Å²) < 4.78 is 57.9. The zero-order valence-electron chi connectivity index (χ0n) is 35.1. The molecule has 61 heavy (non-hydrogen) atoms. The van der Waals surface area contributed by atoms with Gasteiger partial charge in [-0.25, -0.2) is 26.8 Å². The van der Waals surface area contributed by atoms with Gasteiger partial charge in [0.25, 0.3) is 17.7 Å². The Balaban J connectivity index is 0.00000992. The van der Waals surface area contributed by atoms with Crippen molar-refractivity contribution in [3.63, 3.8) is 0 Å². The highest BCUT2D eigenvalue weighted by Crippen LogP contribution is 2.25. The third-order valence-electron chi connectivity index (χ3n) is 10.5. The second-order valence-corrected chi connectivity index (χ2v) is 20.5. The van der Waals surface area contributed by atoms with Gasteiger partial charge in [0.2, 0.25) is 0 Å². The fourth-order valence-corrected chi connectivity index (χ4v) is 8.27. The van der Waals surface area contributed by atoms with Crippen LogP contribution in [0.3, 0.4) is 0 Å². The highest BCUT2D eigenvalue weighted by Gasteiger charge is 2.36. The maximum atomic E-state index is 13.3. The van der Waals surface area contributed by atoms with Crippen LogP contribution in [0.2, 0.25) is 5.15 Å². The number of nitrogens with zero attached hydrogens (tertiary/aromatic N) is 5. The van der Waals surface area contributed by atoms with Gasteiger partial charge in [-0.2, -0.15) is 0 Å². The number of rotatable bonds is 22. The number of piperidine rings is 1. The first-order chi connectivity index (χ1) is 28.2. The lowest BCUT2D eigenvalue weighted by atomic mass is 9.99. The number of amides is 3. The predicted octanol–water partition coefficient (Wildman–Crippen LogP) is -0.963. The first-order valence-corrected chi connectivity index (χ1v) is 24.2. The summed E-state index contributed by atoms with van der Waals surface area (Å²) in [6.07, 6.45) is 7.32. The lowest BCUT2D eigenvalue weighted by Crippen LogP contribution is -3.00. The number of nitrogens with one attached hydrogen (secondary N) is 1. The molecule has 2 aromatic carbocycles. The number of sulfone groups is 2. The van der Waals surface area contributed by atoms with E-state index in [4.69, 9.17) is 32.5 Å². The third-order valence-corrected chi connectivity index (χ3v) is 12.6. The summed E-state index contributed by atoms with van der Waals surface area (Å²) in [5, 5.41) is 3.03. The van der Waals surface area contributed by atoms with Gasteiger partial charge in [0, 0.05) is 52.5 Å². The zero-order chi connectivity index (χ0) is 44.1. The summed E-state index contributed by atoms with van der Waals surface area (Å²) in [5.41, 5.74) is 13.9. The third kappa shape index (κ3) is 17.5. The normalized spacial score (nSPS) is 14.9. The molecule has 0 saturated carbocycles. The maximum absolute atomic E-state index is 13.3. The van der Waals surface area contributed by atoms with E-state index in [9.17, 15) is 31.2 Å². The van der Waals surface area contributed by atoms with Crippen LogP contribution in [0.4, 0.5) is 11.6 Å². The van der Waals surface area contributed by atoms with Gasteiger partial charge in [0.15, 0.2) is 35.7 Å². The van der Waals surface area contributed by atoms with Crippen molar-refractivity contribution in [1.29, 1.82) is 0 Å². The molecule has 1 aliphatic heterocycles. The minimum atomic E-state index is -3.19. The van der Waals surface area contributed by atoms with Crippen molar-refractivity contribution in [2.75, 3.05) is 102 Å². The fraction of sp³-hybridized carbons (Fsp3) is 0.525. The summed E-state index contributed by atoms with van der Waals surface area (Å²) in [7, 11) is -3.28. The van der Waals surface area contributed by atoms with Crippen molar-refractivity contribution in [3.05, 3.63) is 70.5 Å². The van der Waals surface area contributed by atoms with Crippen molar-refractivity contribution in [2.45, 2.75) is 44.6 Å². The number of aryl methyl sites for hydroxylation is 2. The molecule has 3 amide bonds. The molecular formula is C40H58Cl2N8O9S2. The monoisotopic (exact) mass is 928 g/mol. The number of carbonyl (C=O) groups is 3. The van der Waals surface area contributed by atoms with Gasteiger partial charge < -0.3 is 52.9 Å². The van der Waals surface area contributed by atoms with E-state index in [1.807, 2.05) is 48.5 Å². The Bertz CT molecular complexity index is 2060. The van der Waals surface area contributed by atoms with E-state index >= 15 is 0 Å². The highest BCUT2D eigenvalue weighted by atomic mass is 35.5. The molecule has 0 aliphatic carbocycles. The average molecular weight is 930 g/mol. The van der Waals surface area contributed by atoms with Crippen molar-refractivity contribution in [1.82, 2.24) is 25.1 Å². The molecular weight excluding hydrogens is 872 g/mol. The Morgan fingerprint density at radius 2 is 1.25 bits per heavy atom. The molecule has 338 valence electrons. The summed E-state index contributed by atoms with van der Waals surface area (Å²) in [4.78, 5) is 48.9. The van der Waals surface area contributed by atoms with Crippen LogP contribution >= 0.6 is 11.6 Å². The number of quaternary nitrogens is 1. The van der Waals surface area contributed by atoms with Gasteiger partial charge >= 0.3 is 0 Å². The Morgan fingerprint density at radius 3 is 1.69 bits per heavy atom. The molecule has 4 rings (SSSR count). The minimum absolute atomic E-state index is 0. The van der Waals surface area contributed by atoms with Crippen LogP contribution in [-0.2, 0) is 42.1 Å². The van der Waals surface area contributed by atoms with Gasteiger partial charge in [0.05, 0.1) is 43.7 Å². The van der Waals surface area contributed by atoms with Gasteiger partial charge in [0.1, 0.15) is 31.2 Å². The van der Waals surface area contributed by atoms with Gasteiger partial charge in [-0.3, -0.25) is 14.4 Å². The molecule has 1 fully saturated rings. The number of hydrogen-bond donors (Lipinski definition) is 3. The van der Waals surface area contributed by atoms with Gasteiger partial charge in [-0.05, 0) is 61.1 Å². The van der Waals surface area contributed by atoms with Crippen LogP contribution in [0, 0.1) is 0 Å². The molecule has 17 nitrogen and oxygen atoms in total. The van der Waals surface area contributed by atoms with Crippen LogP contribution in [0.1, 0.15) is 47.3 Å². The quantitative estimate of drug-likeness (QED) is 0.103. The van der Waals surface area contributed by atoms with Gasteiger partial charge in [-0.15, -0.1) is 0 Å².